The van der Waals surface area contributed by atoms with Gasteiger partial charge in [-0.05, 0) is 25.0 Å². The number of aromatic carboxylic acids is 1. The van der Waals surface area contributed by atoms with E-state index in [4.69, 9.17) is 5.11 Å². The van der Waals surface area contributed by atoms with Crippen LogP contribution in [0.2, 0.25) is 0 Å². The molecule has 98 valence electrons. The molecular weight excluding hydrogens is 256 g/mol. The Labute approximate surface area is 105 Å². The summed E-state index contributed by atoms with van der Waals surface area (Å²) in [4.78, 5) is 15.0. The molecule has 0 aliphatic carbocycles. The molecule has 0 aromatic carbocycles. The van der Waals surface area contributed by atoms with Crippen molar-refractivity contribution in [3.8, 4) is 0 Å². The molecule has 18 heavy (non-hydrogen) atoms. The van der Waals surface area contributed by atoms with Crippen LogP contribution in [0.3, 0.4) is 0 Å². The highest BCUT2D eigenvalue weighted by Gasteiger charge is 2.24. The average Bonchev–Trinajstić information content (AvgIpc) is 2.32. The fraction of sp³-hybridized carbons (Fsp3) is 0.455. The summed E-state index contributed by atoms with van der Waals surface area (Å²) in [7, 11) is -2.91. The first-order chi connectivity index (χ1) is 8.48. The SMILES string of the molecule is O=C(O)c1cccnc1NC1CCS(=O)(=O)CC1. The van der Waals surface area contributed by atoms with Gasteiger partial charge in [0, 0.05) is 12.2 Å². The van der Waals surface area contributed by atoms with Crippen LogP contribution in [0.1, 0.15) is 23.2 Å². The van der Waals surface area contributed by atoms with Crippen molar-refractivity contribution in [3.63, 3.8) is 0 Å². The number of nitrogens with zero attached hydrogens (tertiary/aromatic N) is 1. The number of hydrogen-bond donors (Lipinski definition) is 2. The fourth-order valence-corrected chi connectivity index (χ4v) is 3.41. The van der Waals surface area contributed by atoms with Crippen LogP contribution >= 0.6 is 0 Å². The van der Waals surface area contributed by atoms with Gasteiger partial charge in [-0.15, -0.1) is 0 Å². The summed E-state index contributed by atoms with van der Waals surface area (Å²) in [5, 5.41) is 12.0. The number of carboxylic acid groups (broad SMARTS) is 1. The minimum absolute atomic E-state index is 0.0403. The molecule has 2 rings (SSSR count). The lowest BCUT2D eigenvalue weighted by Gasteiger charge is -2.24. The van der Waals surface area contributed by atoms with Gasteiger partial charge in [-0.3, -0.25) is 0 Å². The van der Waals surface area contributed by atoms with E-state index in [1.807, 2.05) is 0 Å². The summed E-state index contributed by atoms with van der Waals surface area (Å²) in [6, 6.07) is 2.98. The second-order valence-corrected chi connectivity index (χ2v) is 6.58. The number of sulfone groups is 1. The molecule has 2 N–H and O–H groups in total. The van der Waals surface area contributed by atoms with E-state index >= 15 is 0 Å². The second kappa shape index (κ2) is 4.93. The Balaban J connectivity index is 2.09. The molecule has 1 aliphatic heterocycles. The van der Waals surface area contributed by atoms with Crippen LogP contribution in [0.4, 0.5) is 5.82 Å². The van der Waals surface area contributed by atoms with E-state index in [1.165, 1.54) is 12.3 Å². The second-order valence-electron chi connectivity index (χ2n) is 4.28. The van der Waals surface area contributed by atoms with Crippen LogP contribution in [0.15, 0.2) is 18.3 Å². The van der Waals surface area contributed by atoms with Crippen molar-refractivity contribution < 1.29 is 18.3 Å². The monoisotopic (exact) mass is 270 g/mol. The number of nitrogens with one attached hydrogen (secondary N) is 1. The first-order valence-electron chi connectivity index (χ1n) is 5.63. The van der Waals surface area contributed by atoms with Crippen LogP contribution in [0.5, 0.6) is 0 Å². The molecule has 0 radical (unpaired) electrons. The molecular formula is C11H14N2O4S. The molecule has 1 aliphatic rings. The minimum Gasteiger partial charge on any atom is -0.478 e. The Morgan fingerprint density at radius 3 is 2.67 bits per heavy atom. The lowest BCUT2D eigenvalue weighted by molar-refractivity contribution is 0.0697. The van der Waals surface area contributed by atoms with Gasteiger partial charge in [0.15, 0.2) is 0 Å². The molecule has 1 fully saturated rings. The summed E-state index contributed by atoms with van der Waals surface area (Å²) < 4.78 is 22.6. The third-order valence-corrected chi connectivity index (χ3v) is 4.65. The third-order valence-electron chi connectivity index (χ3n) is 2.93. The van der Waals surface area contributed by atoms with Crippen LogP contribution in [0.25, 0.3) is 0 Å². The highest BCUT2D eigenvalue weighted by Crippen LogP contribution is 2.19. The van der Waals surface area contributed by atoms with Crippen molar-refractivity contribution in [1.29, 1.82) is 0 Å². The highest BCUT2D eigenvalue weighted by atomic mass is 32.2. The molecule has 0 amide bonds. The maximum atomic E-state index is 11.3. The third kappa shape index (κ3) is 2.98. The summed E-state index contributed by atoms with van der Waals surface area (Å²) in [5.41, 5.74) is 0.103. The van der Waals surface area contributed by atoms with Gasteiger partial charge in [0.05, 0.1) is 11.5 Å². The van der Waals surface area contributed by atoms with Gasteiger partial charge in [0.25, 0.3) is 0 Å². The van der Waals surface area contributed by atoms with Crippen LogP contribution < -0.4 is 5.32 Å². The molecule has 0 saturated carbocycles. The lowest BCUT2D eigenvalue weighted by Crippen LogP contribution is -2.32. The number of pyridine rings is 1. The summed E-state index contributed by atoms with van der Waals surface area (Å²) in [6.07, 6.45) is 2.48. The maximum absolute atomic E-state index is 11.3. The summed E-state index contributed by atoms with van der Waals surface area (Å²) in [6.45, 7) is 0. The number of hydrogen-bond acceptors (Lipinski definition) is 5. The quantitative estimate of drug-likeness (QED) is 0.842. The molecule has 0 atom stereocenters. The van der Waals surface area contributed by atoms with Gasteiger partial charge >= 0.3 is 5.97 Å². The van der Waals surface area contributed by atoms with E-state index in [9.17, 15) is 13.2 Å². The number of anilines is 1. The molecule has 6 nitrogen and oxygen atoms in total. The zero-order valence-corrected chi connectivity index (χ0v) is 10.5. The van der Waals surface area contributed by atoms with Crippen molar-refractivity contribution in [3.05, 3.63) is 23.9 Å². The number of rotatable bonds is 3. The Bertz CT molecular complexity index is 542. The van der Waals surface area contributed by atoms with Crippen LogP contribution in [0, 0.1) is 0 Å². The molecule has 2 heterocycles. The maximum Gasteiger partial charge on any atom is 0.339 e. The van der Waals surface area contributed by atoms with Crippen LogP contribution in [-0.2, 0) is 9.84 Å². The van der Waals surface area contributed by atoms with E-state index < -0.39 is 15.8 Å². The first-order valence-corrected chi connectivity index (χ1v) is 7.45. The Morgan fingerprint density at radius 2 is 2.06 bits per heavy atom. The van der Waals surface area contributed by atoms with E-state index in [-0.39, 0.29) is 23.1 Å². The zero-order chi connectivity index (χ0) is 13.2. The van der Waals surface area contributed by atoms with Gasteiger partial charge in [-0.1, -0.05) is 0 Å². The minimum atomic E-state index is -2.91. The van der Waals surface area contributed by atoms with E-state index in [0.717, 1.165) is 0 Å². The van der Waals surface area contributed by atoms with Crippen molar-refractivity contribution >= 4 is 21.6 Å². The number of carboxylic acids is 1. The summed E-state index contributed by atoms with van der Waals surface area (Å²) >= 11 is 0. The van der Waals surface area contributed by atoms with Gasteiger partial charge < -0.3 is 10.4 Å². The van der Waals surface area contributed by atoms with E-state index in [1.54, 1.807) is 6.07 Å². The number of aromatic nitrogens is 1. The van der Waals surface area contributed by atoms with Gasteiger partial charge in [-0.2, -0.15) is 0 Å². The van der Waals surface area contributed by atoms with E-state index in [2.05, 4.69) is 10.3 Å². The standard InChI is InChI=1S/C11H14N2O4S/c14-11(15)9-2-1-5-12-10(9)13-8-3-6-18(16,17)7-4-8/h1-2,5,8H,3-4,6-7H2,(H,12,13)(H,14,15). The van der Waals surface area contributed by atoms with Gasteiger partial charge in [0.2, 0.25) is 0 Å². The molecule has 1 aromatic rings. The van der Waals surface area contributed by atoms with Crippen molar-refractivity contribution in [2.75, 3.05) is 16.8 Å². The molecule has 1 aromatic heterocycles. The molecule has 7 heteroatoms. The normalized spacial score (nSPS) is 19.3. The number of carbonyl (C=O) groups is 1. The highest BCUT2D eigenvalue weighted by molar-refractivity contribution is 7.91. The van der Waals surface area contributed by atoms with Crippen molar-refractivity contribution in [2.45, 2.75) is 18.9 Å². The predicted molar refractivity (Wildman–Crippen MR) is 66.5 cm³/mol. The fourth-order valence-electron chi connectivity index (χ4n) is 1.92. The Hall–Kier alpha value is -1.63. The zero-order valence-electron chi connectivity index (χ0n) is 9.67. The lowest BCUT2D eigenvalue weighted by atomic mass is 10.1. The molecule has 0 unspecified atom stereocenters. The van der Waals surface area contributed by atoms with Gasteiger partial charge in [0.1, 0.15) is 21.2 Å². The predicted octanol–water partition coefficient (Wildman–Crippen LogP) is 0.769. The van der Waals surface area contributed by atoms with Gasteiger partial charge in [-0.25, -0.2) is 18.2 Å². The molecule has 1 saturated heterocycles. The smallest absolute Gasteiger partial charge is 0.339 e. The van der Waals surface area contributed by atoms with E-state index in [0.29, 0.717) is 18.7 Å². The summed E-state index contributed by atoms with van der Waals surface area (Å²) in [5.74, 6) is -0.469. The Kier molecular flexibility index (Phi) is 3.51. The largest absolute Gasteiger partial charge is 0.478 e. The molecule has 0 bridgehead atoms. The van der Waals surface area contributed by atoms with Crippen molar-refractivity contribution in [1.82, 2.24) is 4.98 Å². The Morgan fingerprint density at radius 1 is 1.39 bits per heavy atom. The first kappa shape index (κ1) is 12.8. The topological polar surface area (TPSA) is 96.4 Å². The molecule has 0 spiro atoms. The van der Waals surface area contributed by atoms with Crippen molar-refractivity contribution in [2.24, 2.45) is 0 Å². The van der Waals surface area contributed by atoms with Crippen LogP contribution in [-0.4, -0.2) is 42.0 Å². The average molecular weight is 270 g/mol.